The summed E-state index contributed by atoms with van der Waals surface area (Å²) in [6, 6.07) is -0.348. The van der Waals surface area contributed by atoms with Crippen molar-refractivity contribution in [2.45, 2.75) is 32.0 Å². The molecule has 1 N–H and O–H groups in total. The highest BCUT2D eigenvalue weighted by molar-refractivity contribution is 5.94. The van der Waals surface area contributed by atoms with Crippen LogP contribution in [-0.4, -0.2) is 53.3 Å². The molecule has 0 spiro atoms. The first-order chi connectivity index (χ1) is 16.0. The van der Waals surface area contributed by atoms with E-state index in [-0.39, 0.29) is 43.1 Å². The molecule has 2 amide bonds. The smallest absolute Gasteiger partial charge is 0.381 e. The molecule has 0 saturated carbocycles. The number of hydrogen-bond acceptors (Lipinski definition) is 4. The minimum absolute atomic E-state index is 0.101. The van der Waals surface area contributed by atoms with E-state index < -0.39 is 29.4 Å². The van der Waals surface area contributed by atoms with Crippen molar-refractivity contribution in [2.75, 3.05) is 26.3 Å². The van der Waals surface area contributed by atoms with Crippen molar-refractivity contribution in [1.82, 2.24) is 20.0 Å². The molecule has 2 aromatic rings. The van der Waals surface area contributed by atoms with Crippen molar-refractivity contribution in [1.29, 1.82) is 0 Å². The van der Waals surface area contributed by atoms with Gasteiger partial charge in [-0.1, -0.05) is 0 Å². The van der Waals surface area contributed by atoms with E-state index in [1.807, 2.05) is 18.9 Å². The molecule has 12 heteroatoms. The minimum Gasteiger partial charge on any atom is -0.381 e. The number of hydrogen-bond donors (Lipinski definition) is 1. The number of ether oxygens (including phenoxy) is 1. The second kappa shape index (κ2) is 10.5. The fourth-order valence-electron chi connectivity index (χ4n) is 3.94. The summed E-state index contributed by atoms with van der Waals surface area (Å²) < 4.78 is 71.2. The van der Waals surface area contributed by atoms with Gasteiger partial charge in [0.15, 0.2) is 0 Å². The minimum atomic E-state index is -4.98. The molecule has 3 heterocycles. The molecule has 34 heavy (non-hydrogen) atoms. The van der Waals surface area contributed by atoms with Crippen molar-refractivity contribution in [2.24, 2.45) is 13.0 Å². The number of aryl methyl sites for hydroxylation is 2. The molecule has 1 unspecified atom stereocenters. The number of benzene rings is 1. The molecule has 0 radical (unpaired) electrons. The molecule has 2 aliphatic heterocycles. The second-order valence-electron chi connectivity index (χ2n) is 8.21. The van der Waals surface area contributed by atoms with Crippen LogP contribution in [0.3, 0.4) is 0 Å². The van der Waals surface area contributed by atoms with Gasteiger partial charge in [-0.25, -0.2) is 8.78 Å². The van der Waals surface area contributed by atoms with Crippen LogP contribution in [0.5, 0.6) is 0 Å². The van der Waals surface area contributed by atoms with Gasteiger partial charge in [-0.15, -0.1) is 0 Å². The fraction of sp³-hybridized carbons (Fsp3) is 0.500. The molecular formula is C22H25F5N4O3. The van der Waals surface area contributed by atoms with Crippen molar-refractivity contribution >= 4 is 12.3 Å². The van der Waals surface area contributed by atoms with Crippen molar-refractivity contribution < 1.29 is 36.3 Å². The van der Waals surface area contributed by atoms with Crippen LogP contribution < -0.4 is 5.32 Å². The lowest BCUT2D eigenvalue weighted by Gasteiger charge is -2.33. The summed E-state index contributed by atoms with van der Waals surface area (Å²) in [6.07, 6.45) is -0.691. The molecule has 2 aliphatic rings. The van der Waals surface area contributed by atoms with Gasteiger partial charge in [-0.2, -0.15) is 18.3 Å². The Morgan fingerprint density at radius 2 is 1.85 bits per heavy atom. The topological polar surface area (TPSA) is 76.5 Å². The first-order valence-electron chi connectivity index (χ1n) is 10.7. The molecule has 1 atom stereocenters. The highest BCUT2D eigenvalue weighted by Gasteiger charge is 2.37. The molecule has 186 valence electrons. The van der Waals surface area contributed by atoms with Gasteiger partial charge in [0.05, 0.1) is 31.0 Å². The third-order valence-electron chi connectivity index (χ3n) is 5.83. The maximum atomic E-state index is 13.8. The SMILES string of the molecule is Cc1cnn(C)c1C(=O)N1CCCC1.O=CNC(c1cc(F)c(C(F)(F)F)cc1F)C1COC1. The Kier molecular flexibility index (Phi) is 7.90. The standard InChI is InChI=1S/C12H10F5NO2.C10H15N3O/c13-9-2-8(12(15,16)17)10(14)1-7(9)11(18-5-19)6-3-20-4-6;1-8-7-11-12(2)9(8)10(14)13-5-3-4-6-13/h1-2,5-6,11H,3-4H2,(H,18,19);7H,3-6H2,1-2H3. The largest absolute Gasteiger partial charge is 0.419 e. The lowest BCUT2D eigenvalue weighted by atomic mass is 9.90. The lowest BCUT2D eigenvalue weighted by molar-refractivity contribution is -0.140. The monoisotopic (exact) mass is 488 g/mol. The summed E-state index contributed by atoms with van der Waals surface area (Å²) in [5.74, 6) is -2.97. The number of alkyl halides is 3. The van der Waals surface area contributed by atoms with Crippen LogP contribution in [-0.2, 0) is 22.8 Å². The summed E-state index contributed by atoms with van der Waals surface area (Å²) >= 11 is 0. The van der Waals surface area contributed by atoms with Gasteiger partial charge in [0.2, 0.25) is 6.41 Å². The zero-order valence-electron chi connectivity index (χ0n) is 18.7. The summed E-state index contributed by atoms with van der Waals surface area (Å²) in [6.45, 7) is 4.14. The molecular weight excluding hydrogens is 463 g/mol. The zero-order chi connectivity index (χ0) is 25.0. The third kappa shape index (κ3) is 5.54. The van der Waals surface area contributed by atoms with Crippen molar-refractivity contribution in [3.8, 4) is 0 Å². The van der Waals surface area contributed by atoms with Crippen molar-refractivity contribution in [3.63, 3.8) is 0 Å². The van der Waals surface area contributed by atoms with Gasteiger partial charge in [0.1, 0.15) is 17.3 Å². The Balaban J connectivity index is 0.000000202. The molecule has 7 nitrogen and oxygen atoms in total. The highest BCUT2D eigenvalue weighted by atomic mass is 19.4. The molecule has 1 aromatic heterocycles. The van der Waals surface area contributed by atoms with Crippen LogP contribution in [0.4, 0.5) is 22.0 Å². The first-order valence-corrected chi connectivity index (χ1v) is 10.7. The molecule has 1 aromatic carbocycles. The van der Waals surface area contributed by atoms with Crippen LogP contribution >= 0.6 is 0 Å². The zero-order valence-corrected chi connectivity index (χ0v) is 18.7. The van der Waals surface area contributed by atoms with Gasteiger partial charge < -0.3 is 15.0 Å². The predicted molar refractivity (Wildman–Crippen MR) is 111 cm³/mol. The summed E-state index contributed by atoms with van der Waals surface area (Å²) in [4.78, 5) is 24.4. The van der Waals surface area contributed by atoms with E-state index in [2.05, 4.69) is 10.4 Å². The number of likely N-dealkylation sites (tertiary alicyclic amines) is 1. The van der Waals surface area contributed by atoms with E-state index >= 15 is 0 Å². The summed E-state index contributed by atoms with van der Waals surface area (Å²) in [7, 11) is 1.82. The van der Waals surface area contributed by atoms with Crippen LogP contribution in [0, 0.1) is 24.5 Å². The average molecular weight is 488 g/mol. The molecule has 0 aliphatic carbocycles. The van der Waals surface area contributed by atoms with Crippen molar-refractivity contribution in [3.05, 3.63) is 52.3 Å². The van der Waals surface area contributed by atoms with Crippen LogP contribution in [0.15, 0.2) is 18.3 Å². The fourth-order valence-corrected chi connectivity index (χ4v) is 3.94. The van der Waals surface area contributed by atoms with Gasteiger partial charge in [-0.05, 0) is 37.5 Å². The summed E-state index contributed by atoms with van der Waals surface area (Å²) in [5, 5.41) is 6.36. The number of carbonyl (C=O) groups excluding carboxylic acids is 2. The van der Waals surface area contributed by atoms with Gasteiger partial charge in [-0.3, -0.25) is 14.3 Å². The molecule has 4 rings (SSSR count). The number of rotatable bonds is 5. The van der Waals surface area contributed by atoms with E-state index in [0.29, 0.717) is 6.07 Å². The second-order valence-corrected chi connectivity index (χ2v) is 8.21. The number of halogens is 5. The normalized spacial score (nSPS) is 17.0. The lowest BCUT2D eigenvalue weighted by Crippen LogP contribution is -2.40. The quantitative estimate of drug-likeness (QED) is 0.517. The average Bonchev–Trinajstić information content (AvgIpc) is 3.37. The molecule has 0 bridgehead atoms. The number of nitrogens with one attached hydrogen (secondary N) is 1. The Morgan fingerprint density at radius 1 is 1.21 bits per heavy atom. The van der Waals surface area contributed by atoms with Crippen LogP contribution in [0.2, 0.25) is 0 Å². The van der Waals surface area contributed by atoms with Gasteiger partial charge in [0.25, 0.3) is 5.91 Å². The predicted octanol–water partition coefficient (Wildman–Crippen LogP) is 3.38. The van der Waals surface area contributed by atoms with E-state index in [4.69, 9.17) is 4.74 Å². The van der Waals surface area contributed by atoms with E-state index in [0.717, 1.165) is 37.2 Å². The Bertz CT molecular complexity index is 1010. The summed E-state index contributed by atoms with van der Waals surface area (Å²) in [5.41, 5.74) is -0.305. The Morgan fingerprint density at radius 3 is 2.32 bits per heavy atom. The van der Waals surface area contributed by atoms with E-state index in [9.17, 15) is 31.5 Å². The number of aromatic nitrogens is 2. The number of amides is 2. The van der Waals surface area contributed by atoms with Gasteiger partial charge >= 0.3 is 6.18 Å². The number of nitrogens with zero attached hydrogens (tertiary/aromatic N) is 3. The maximum Gasteiger partial charge on any atom is 0.419 e. The van der Waals surface area contributed by atoms with E-state index in [1.165, 1.54) is 0 Å². The number of carbonyl (C=O) groups is 2. The van der Waals surface area contributed by atoms with Gasteiger partial charge in [0, 0.05) is 31.6 Å². The maximum absolute atomic E-state index is 13.8. The van der Waals surface area contributed by atoms with E-state index in [1.54, 1.807) is 10.9 Å². The molecule has 2 fully saturated rings. The molecule has 2 saturated heterocycles. The third-order valence-corrected chi connectivity index (χ3v) is 5.83. The highest BCUT2D eigenvalue weighted by Crippen LogP contribution is 2.36. The first kappa shape index (κ1) is 25.6. The Labute approximate surface area is 192 Å². The Hall–Kier alpha value is -3.02. The van der Waals surface area contributed by atoms with Crippen LogP contribution in [0.1, 0.15) is 46.1 Å². The van der Waals surface area contributed by atoms with Crippen LogP contribution in [0.25, 0.3) is 0 Å².